The molecule has 0 aliphatic rings. The van der Waals surface area contributed by atoms with Gasteiger partial charge in [0.2, 0.25) is 5.91 Å². The van der Waals surface area contributed by atoms with Crippen molar-refractivity contribution >= 4 is 11.9 Å². The van der Waals surface area contributed by atoms with E-state index < -0.39 is 0 Å². The molecule has 0 bridgehead atoms. The summed E-state index contributed by atoms with van der Waals surface area (Å²) in [6.07, 6.45) is 0.251. The Hall–Kier alpha value is -2.96. The molecule has 23 heavy (non-hydrogen) atoms. The summed E-state index contributed by atoms with van der Waals surface area (Å²) in [6.45, 7) is 3.93. The maximum atomic E-state index is 12.0. The van der Waals surface area contributed by atoms with Gasteiger partial charge in [-0.1, -0.05) is 34.9 Å². The number of nitrogens with one attached hydrogen (secondary N) is 1. The lowest BCUT2D eigenvalue weighted by atomic mass is 10.1. The second kappa shape index (κ2) is 6.04. The van der Waals surface area contributed by atoms with Crippen molar-refractivity contribution in [1.82, 2.24) is 20.0 Å². The summed E-state index contributed by atoms with van der Waals surface area (Å²) < 4.78 is 7.15. The van der Waals surface area contributed by atoms with Gasteiger partial charge < -0.3 is 4.42 Å². The Morgan fingerprint density at radius 3 is 2.61 bits per heavy atom. The molecular formula is C16H17N5O2. The van der Waals surface area contributed by atoms with Crippen LogP contribution in [0.15, 0.2) is 34.7 Å². The molecule has 1 amide bonds. The molecule has 0 atom stereocenters. The highest BCUT2D eigenvalue weighted by molar-refractivity contribution is 5.90. The van der Waals surface area contributed by atoms with E-state index in [0.717, 1.165) is 16.8 Å². The average Bonchev–Trinajstić information content (AvgIpc) is 3.09. The molecular weight excluding hydrogens is 294 g/mol. The standard InChI is InChI=1S/C16H17N5O2/c1-10-4-6-12(7-5-10)9-14(22)17-16-19-18-15(23-16)13-8-11(2)21(3)20-13/h4-8H,9H2,1-3H3,(H,17,19,22). The maximum absolute atomic E-state index is 12.0. The quantitative estimate of drug-likeness (QED) is 0.799. The van der Waals surface area contributed by atoms with Crippen LogP contribution in [0, 0.1) is 13.8 Å². The van der Waals surface area contributed by atoms with Gasteiger partial charge in [0.15, 0.2) is 0 Å². The molecule has 0 aliphatic carbocycles. The van der Waals surface area contributed by atoms with E-state index in [0.29, 0.717) is 5.69 Å². The number of hydrogen-bond donors (Lipinski definition) is 1. The first-order valence-corrected chi connectivity index (χ1v) is 7.21. The van der Waals surface area contributed by atoms with Crippen LogP contribution in [0.2, 0.25) is 0 Å². The number of carbonyl (C=O) groups is 1. The zero-order chi connectivity index (χ0) is 16.4. The van der Waals surface area contributed by atoms with Crippen LogP contribution >= 0.6 is 0 Å². The zero-order valence-electron chi connectivity index (χ0n) is 13.2. The fraction of sp³-hybridized carbons (Fsp3) is 0.250. The number of nitrogens with zero attached hydrogens (tertiary/aromatic N) is 4. The molecule has 0 saturated heterocycles. The molecule has 3 rings (SSSR count). The third kappa shape index (κ3) is 3.45. The van der Waals surface area contributed by atoms with Crippen molar-refractivity contribution in [3.63, 3.8) is 0 Å². The van der Waals surface area contributed by atoms with E-state index in [9.17, 15) is 4.79 Å². The largest absolute Gasteiger partial charge is 0.401 e. The van der Waals surface area contributed by atoms with Gasteiger partial charge in [-0.15, -0.1) is 5.10 Å². The van der Waals surface area contributed by atoms with Crippen LogP contribution in [0.25, 0.3) is 11.6 Å². The van der Waals surface area contributed by atoms with E-state index in [1.807, 2.05) is 51.2 Å². The maximum Gasteiger partial charge on any atom is 0.322 e. The molecule has 0 unspecified atom stereocenters. The van der Waals surface area contributed by atoms with Gasteiger partial charge in [0.05, 0.1) is 6.42 Å². The molecule has 1 aromatic carbocycles. The van der Waals surface area contributed by atoms with Gasteiger partial charge >= 0.3 is 6.01 Å². The summed E-state index contributed by atoms with van der Waals surface area (Å²) >= 11 is 0. The zero-order valence-corrected chi connectivity index (χ0v) is 13.2. The molecule has 0 aliphatic heterocycles. The fourth-order valence-electron chi connectivity index (χ4n) is 2.10. The Bertz CT molecular complexity index is 813. The molecule has 2 heterocycles. The molecule has 118 valence electrons. The third-order valence-electron chi connectivity index (χ3n) is 3.49. The smallest absolute Gasteiger partial charge is 0.322 e. The van der Waals surface area contributed by atoms with E-state index in [4.69, 9.17) is 4.42 Å². The van der Waals surface area contributed by atoms with E-state index >= 15 is 0 Å². The van der Waals surface area contributed by atoms with Crippen molar-refractivity contribution in [1.29, 1.82) is 0 Å². The van der Waals surface area contributed by atoms with Crippen LogP contribution in [-0.2, 0) is 18.3 Å². The summed E-state index contributed by atoms with van der Waals surface area (Å²) in [5.41, 5.74) is 3.63. The Labute approximate surface area is 133 Å². The lowest BCUT2D eigenvalue weighted by molar-refractivity contribution is -0.115. The van der Waals surface area contributed by atoms with Crippen molar-refractivity contribution < 1.29 is 9.21 Å². The van der Waals surface area contributed by atoms with Gasteiger partial charge in [0.1, 0.15) is 5.69 Å². The van der Waals surface area contributed by atoms with E-state index in [1.54, 1.807) is 4.68 Å². The minimum atomic E-state index is -0.207. The summed E-state index contributed by atoms with van der Waals surface area (Å²) in [5, 5.41) is 14.6. The van der Waals surface area contributed by atoms with Crippen molar-refractivity contribution in [3.8, 4) is 11.6 Å². The highest BCUT2D eigenvalue weighted by Gasteiger charge is 2.14. The predicted molar refractivity (Wildman–Crippen MR) is 84.7 cm³/mol. The molecule has 7 nitrogen and oxygen atoms in total. The lowest BCUT2D eigenvalue weighted by Crippen LogP contribution is -2.14. The van der Waals surface area contributed by atoms with Crippen LogP contribution in [0.5, 0.6) is 0 Å². The van der Waals surface area contributed by atoms with Crippen molar-refractivity contribution in [2.75, 3.05) is 5.32 Å². The first kappa shape index (κ1) is 15.0. The first-order chi connectivity index (χ1) is 11.0. The second-order valence-corrected chi connectivity index (χ2v) is 5.42. The topological polar surface area (TPSA) is 85.8 Å². The van der Waals surface area contributed by atoms with E-state index in [-0.39, 0.29) is 24.2 Å². The van der Waals surface area contributed by atoms with Crippen LogP contribution < -0.4 is 5.32 Å². The number of carbonyl (C=O) groups excluding carboxylic acids is 1. The summed E-state index contributed by atoms with van der Waals surface area (Å²) in [5.74, 6) is 0.0700. The van der Waals surface area contributed by atoms with Gasteiger partial charge in [-0.25, -0.2) is 0 Å². The number of benzene rings is 1. The number of rotatable bonds is 4. The number of amides is 1. The van der Waals surface area contributed by atoms with Crippen molar-refractivity contribution in [2.24, 2.45) is 7.05 Å². The molecule has 2 aromatic heterocycles. The molecule has 1 N–H and O–H groups in total. The Kier molecular flexibility index (Phi) is 3.92. The highest BCUT2D eigenvalue weighted by atomic mass is 16.4. The monoisotopic (exact) mass is 311 g/mol. The van der Waals surface area contributed by atoms with Gasteiger partial charge in [0.25, 0.3) is 5.89 Å². The van der Waals surface area contributed by atoms with Crippen LogP contribution in [0.1, 0.15) is 16.8 Å². The van der Waals surface area contributed by atoms with Gasteiger partial charge in [-0.05, 0) is 25.5 Å². The Balaban J connectivity index is 1.66. The third-order valence-corrected chi connectivity index (χ3v) is 3.49. The lowest BCUT2D eigenvalue weighted by Gasteiger charge is -2.01. The second-order valence-electron chi connectivity index (χ2n) is 5.42. The van der Waals surface area contributed by atoms with Gasteiger partial charge in [0, 0.05) is 12.7 Å². The van der Waals surface area contributed by atoms with Gasteiger partial charge in [-0.2, -0.15) is 5.10 Å². The number of aromatic nitrogens is 4. The first-order valence-electron chi connectivity index (χ1n) is 7.21. The fourth-order valence-corrected chi connectivity index (χ4v) is 2.10. The Morgan fingerprint density at radius 1 is 1.22 bits per heavy atom. The van der Waals surface area contributed by atoms with Crippen LogP contribution in [-0.4, -0.2) is 25.9 Å². The minimum Gasteiger partial charge on any atom is -0.401 e. The number of anilines is 1. The predicted octanol–water partition coefficient (Wildman–Crippen LogP) is 2.27. The minimum absolute atomic E-state index is 0.0698. The van der Waals surface area contributed by atoms with Crippen molar-refractivity contribution in [2.45, 2.75) is 20.3 Å². The SMILES string of the molecule is Cc1ccc(CC(=O)Nc2nnc(-c3cc(C)n(C)n3)o2)cc1. The summed E-state index contributed by atoms with van der Waals surface area (Å²) in [4.78, 5) is 12.0. The number of aryl methyl sites for hydroxylation is 3. The van der Waals surface area contributed by atoms with E-state index in [2.05, 4.69) is 20.6 Å². The number of hydrogen-bond acceptors (Lipinski definition) is 5. The molecule has 7 heteroatoms. The molecule has 0 fully saturated rings. The van der Waals surface area contributed by atoms with E-state index in [1.165, 1.54) is 0 Å². The summed E-state index contributed by atoms with van der Waals surface area (Å²) in [7, 11) is 1.83. The molecule has 0 spiro atoms. The normalized spacial score (nSPS) is 10.7. The van der Waals surface area contributed by atoms with Crippen LogP contribution in [0.4, 0.5) is 6.01 Å². The van der Waals surface area contributed by atoms with Crippen LogP contribution in [0.3, 0.4) is 0 Å². The summed E-state index contributed by atoms with van der Waals surface area (Å²) in [6, 6.07) is 9.69. The van der Waals surface area contributed by atoms with Crippen molar-refractivity contribution in [3.05, 3.63) is 47.2 Å². The Morgan fingerprint density at radius 2 is 1.96 bits per heavy atom. The average molecular weight is 311 g/mol. The molecule has 0 radical (unpaired) electrons. The molecule has 0 saturated carbocycles. The van der Waals surface area contributed by atoms with Gasteiger partial charge in [-0.3, -0.25) is 14.8 Å². The highest BCUT2D eigenvalue weighted by Crippen LogP contribution is 2.19. The molecule has 3 aromatic rings.